The standard InChI is InChI=1S/C24H28N4O3S/c1-17(2)31-15-7-13-28-22(29)18-9-3-4-10-19(18)26-24(28)32-16-8-14-27-21-12-6-5-11-20(21)25-23(27)30/h3-6,9-12,17H,7-8,13-16H2,1-2H3,(H,25,30). The number of H-pyrrole nitrogens is 1. The fourth-order valence-corrected chi connectivity index (χ4v) is 4.66. The molecule has 0 spiro atoms. The Morgan fingerprint density at radius 2 is 1.75 bits per heavy atom. The number of imidazole rings is 1. The van der Waals surface area contributed by atoms with Crippen molar-refractivity contribution in [1.29, 1.82) is 0 Å². The predicted molar refractivity (Wildman–Crippen MR) is 130 cm³/mol. The van der Waals surface area contributed by atoms with Gasteiger partial charge in [0.15, 0.2) is 5.16 Å². The maximum absolute atomic E-state index is 13.1. The van der Waals surface area contributed by atoms with Gasteiger partial charge < -0.3 is 9.72 Å². The Hall–Kier alpha value is -2.84. The first-order valence-corrected chi connectivity index (χ1v) is 11.9. The second kappa shape index (κ2) is 10.2. The van der Waals surface area contributed by atoms with Crippen molar-refractivity contribution in [2.24, 2.45) is 0 Å². The highest BCUT2D eigenvalue weighted by Crippen LogP contribution is 2.20. The van der Waals surface area contributed by atoms with Crippen LogP contribution in [0.4, 0.5) is 0 Å². The molecule has 4 aromatic rings. The summed E-state index contributed by atoms with van der Waals surface area (Å²) in [5.41, 5.74) is 2.35. The number of fused-ring (bicyclic) bond motifs is 2. The molecule has 0 saturated carbocycles. The lowest BCUT2D eigenvalue weighted by atomic mass is 10.2. The van der Waals surface area contributed by atoms with Crippen molar-refractivity contribution >= 4 is 33.7 Å². The first-order chi connectivity index (χ1) is 15.5. The van der Waals surface area contributed by atoms with Crippen LogP contribution in [0.3, 0.4) is 0 Å². The fraction of sp³-hybridized carbons (Fsp3) is 0.375. The smallest absolute Gasteiger partial charge is 0.326 e. The molecule has 0 aliphatic heterocycles. The van der Waals surface area contributed by atoms with Crippen molar-refractivity contribution in [3.63, 3.8) is 0 Å². The van der Waals surface area contributed by atoms with Gasteiger partial charge in [-0.2, -0.15) is 0 Å². The van der Waals surface area contributed by atoms with E-state index in [1.165, 1.54) is 0 Å². The summed E-state index contributed by atoms with van der Waals surface area (Å²) in [5.74, 6) is 0.749. The lowest BCUT2D eigenvalue weighted by Gasteiger charge is -2.14. The van der Waals surface area contributed by atoms with Crippen molar-refractivity contribution in [2.75, 3.05) is 12.4 Å². The number of aromatic nitrogens is 4. The van der Waals surface area contributed by atoms with Crippen LogP contribution in [0.25, 0.3) is 21.9 Å². The molecule has 0 radical (unpaired) electrons. The third-order valence-electron chi connectivity index (χ3n) is 5.24. The minimum Gasteiger partial charge on any atom is -0.379 e. The number of nitrogens with zero attached hydrogens (tertiary/aromatic N) is 3. The van der Waals surface area contributed by atoms with Gasteiger partial charge >= 0.3 is 5.69 Å². The van der Waals surface area contributed by atoms with Gasteiger partial charge in [-0.25, -0.2) is 9.78 Å². The lowest BCUT2D eigenvalue weighted by Crippen LogP contribution is -2.24. The maximum Gasteiger partial charge on any atom is 0.326 e. The second-order valence-corrected chi connectivity index (χ2v) is 9.00. The van der Waals surface area contributed by atoms with Crippen LogP contribution in [-0.4, -0.2) is 37.6 Å². The summed E-state index contributed by atoms with van der Waals surface area (Å²) in [5, 5.41) is 1.34. The summed E-state index contributed by atoms with van der Waals surface area (Å²) in [6.07, 6.45) is 1.70. The van der Waals surface area contributed by atoms with Crippen LogP contribution in [0.15, 0.2) is 63.3 Å². The van der Waals surface area contributed by atoms with E-state index in [9.17, 15) is 9.59 Å². The molecule has 0 unspecified atom stereocenters. The number of aryl methyl sites for hydroxylation is 1. The van der Waals surface area contributed by atoms with Crippen LogP contribution < -0.4 is 11.2 Å². The van der Waals surface area contributed by atoms with E-state index in [0.717, 1.165) is 29.6 Å². The van der Waals surface area contributed by atoms with Crippen molar-refractivity contribution in [1.82, 2.24) is 19.1 Å². The molecule has 8 heteroatoms. The summed E-state index contributed by atoms with van der Waals surface area (Å²) in [6, 6.07) is 15.2. The second-order valence-electron chi connectivity index (χ2n) is 7.94. The molecule has 7 nitrogen and oxygen atoms in total. The maximum atomic E-state index is 13.1. The van der Waals surface area contributed by atoms with Gasteiger partial charge in [-0.1, -0.05) is 36.0 Å². The van der Waals surface area contributed by atoms with E-state index in [1.54, 1.807) is 20.9 Å². The number of nitrogens with one attached hydrogen (secondary N) is 1. The highest BCUT2D eigenvalue weighted by atomic mass is 32.2. The van der Waals surface area contributed by atoms with E-state index in [0.29, 0.717) is 35.8 Å². The fourth-order valence-electron chi connectivity index (χ4n) is 3.71. The molecule has 168 valence electrons. The predicted octanol–water partition coefficient (Wildman–Crippen LogP) is 4.04. The van der Waals surface area contributed by atoms with E-state index in [4.69, 9.17) is 9.72 Å². The molecule has 0 amide bonds. The van der Waals surface area contributed by atoms with E-state index in [-0.39, 0.29) is 17.4 Å². The van der Waals surface area contributed by atoms with Crippen LogP contribution in [-0.2, 0) is 17.8 Å². The van der Waals surface area contributed by atoms with Gasteiger partial charge in [0.2, 0.25) is 0 Å². The zero-order chi connectivity index (χ0) is 22.5. The number of rotatable bonds is 10. The Kier molecular flexibility index (Phi) is 7.12. The Balaban J connectivity index is 1.48. The summed E-state index contributed by atoms with van der Waals surface area (Å²) in [4.78, 5) is 33.0. The zero-order valence-corrected chi connectivity index (χ0v) is 19.2. The average molecular weight is 453 g/mol. The molecule has 0 saturated heterocycles. The van der Waals surface area contributed by atoms with E-state index in [1.807, 2.05) is 62.4 Å². The van der Waals surface area contributed by atoms with Crippen molar-refractivity contribution in [2.45, 2.75) is 51.0 Å². The molecule has 0 aliphatic carbocycles. The number of hydrogen-bond donors (Lipinski definition) is 1. The molecule has 0 fully saturated rings. The van der Waals surface area contributed by atoms with Gasteiger partial charge in [0.25, 0.3) is 5.56 Å². The van der Waals surface area contributed by atoms with Crippen LogP contribution in [0.2, 0.25) is 0 Å². The molecule has 1 N–H and O–H groups in total. The Morgan fingerprint density at radius 3 is 2.59 bits per heavy atom. The average Bonchev–Trinajstić information content (AvgIpc) is 3.10. The Labute approximate surface area is 190 Å². The normalized spacial score (nSPS) is 11.7. The van der Waals surface area contributed by atoms with Gasteiger partial charge in [0.1, 0.15) is 0 Å². The molecule has 2 aromatic heterocycles. The summed E-state index contributed by atoms with van der Waals surface area (Å²) >= 11 is 1.56. The number of benzene rings is 2. The van der Waals surface area contributed by atoms with Crippen molar-refractivity contribution in [3.8, 4) is 0 Å². The molecular formula is C24H28N4O3S. The number of para-hydroxylation sites is 3. The molecular weight excluding hydrogens is 424 g/mol. The monoisotopic (exact) mass is 452 g/mol. The molecule has 0 atom stereocenters. The van der Waals surface area contributed by atoms with Crippen LogP contribution in [0.1, 0.15) is 26.7 Å². The molecule has 4 rings (SSSR count). The van der Waals surface area contributed by atoms with Crippen molar-refractivity contribution in [3.05, 3.63) is 69.4 Å². The van der Waals surface area contributed by atoms with Gasteiger partial charge in [0, 0.05) is 25.4 Å². The molecule has 2 aromatic carbocycles. The highest BCUT2D eigenvalue weighted by Gasteiger charge is 2.12. The first kappa shape index (κ1) is 22.4. The third-order valence-corrected chi connectivity index (χ3v) is 6.31. The number of hydrogen-bond acceptors (Lipinski definition) is 5. The number of ether oxygens (including phenoxy) is 1. The molecule has 0 bridgehead atoms. The minimum atomic E-state index is -0.0953. The van der Waals surface area contributed by atoms with E-state index in [2.05, 4.69) is 4.98 Å². The van der Waals surface area contributed by atoms with Gasteiger partial charge in [-0.15, -0.1) is 0 Å². The topological polar surface area (TPSA) is 81.9 Å². The van der Waals surface area contributed by atoms with Crippen LogP contribution in [0, 0.1) is 0 Å². The van der Waals surface area contributed by atoms with Crippen LogP contribution >= 0.6 is 11.8 Å². The summed E-state index contributed by atoms with van der Waals surface area (Å²) in [6.45, 7) is 5.78. The number of thioether (sulfide) groups is 1. The Bertz CT molecular complexity index is 1320. The molecule has 0 aliphatic rings. The lowest BCUT2D eigenvalue weighted by molar-refractivity contribution is 0.0743. The van der Waals surface area contributed by atoms with Crippen molar-refractivity contribution < 1.29 is 4.74 Å². The van der Waals surface area contributed by atoms with Crippen LogP contribution in [0.5, 0.6) is 0 Å². The third kappa shape index (κ3) is 4.97. The van der Waals surface area contributed by atoms with Gasteiger partial charge in [-0.05, 0) is 51.0 Å². The number of aromatic amines is 1. The highest BCUT2D eigenvalue weighted by molar-refractivity contribution is 7.99. The van der Waals surface area contributed by atoms with Gasteiger partial charge in [0.05, 0.1) is 28.0 Å². The first-order valence-electron chi connectivity index (χ1n) is 11.0. The molecule has 2 heterocycles. The van der Waals surface area contributed by atoms with E-state index >= 15 is 0 Å². The SMILES string of the molecule is CC(C)OCCCn1c(SCCCn2c(=O)[nH]c3ccccc32)nc2ccccc2c1=O. The summed E-state index contributed by atoms with van der Waals surface area (Å²) < 4.78 is 9.16. The Morgan fingerprint density at radius 1 is 1.00 bits per heavy atom. The van der Waals surface area contributed by atoms with Gasteiger partial charge in [-0.3, -0.25) is 13.9 Å². The van der Waals surface area contributed by atoms with E-state index < -0.39 is 0 Å². The summed E-state index contributed by atoms with van der Waals surface area (Å²) in [7, 11) is 0. The zero-order valence-electron chi connectivity index (χ0n) is 18.4. The quantitative estimate of drug-likeness (QED) is 0.223. The largest absolute Gasteiger partial charge is 0.379 e. The minimum absolute atomic E-state index is 0.0181. The molecule has 32 heavy (non-hydrogen) atoms.